The molecule has 0 saturated heterocycles. The molecule has 1 atom stereocenters. The van der Waals surface area contributed by atoms with Crippen LogP contribution in [-0.2, 0) is 28.6 Å². The molecule has 0 unspecified atom stereocenters. The van der Waals surface area contributed by atoms with Gasteiger partial charge in [-0.15, -0.1) is 0 Å². The summed E-state index contributed by atoms with van der Waals surface area (Å²) >= 11 is 0. The van der Waals surface area contributed by atoms with Crippen LogP contribution in [0.15, 0.2) is 97.2 Å². The van der Waals surface area contributed by atoms with Gasteiger partial charge in [0.1, 0.15) is 13.2 Å². The van der Waals surface area contributed by atoms with Gasteiger partial charge in [-0.25, -0.2) is 0 Å². The van der Waals surface area contributed by atoms with Crippen molar-refractivity contribution in [1.29, 1.82) is 0 Å². The van der Waals surface area contributed by atoms with Crippen LogP contribution in [0.3, 0.4) is 0 Å². The summed E-state index contributed by atoms with van der Waals surface area (Å²) in [5.41, 5.74) is 0. The highest BCUT2D eigenvalue weighted by atomic mass is 16.6. The summed E-state index contributed by atoms with van der Waals surface area (Å²) < 4.78 is 16.8. The minimum Gasteiger partial charge on any atom is -0.462 e. The van der Waals surface area contributed by atoms with Gasteiger partial charge >= 0.3 is 17.9 Å². The van der Waals surface area contributed by atoms with Crippen LogP contribution in [0.25, 0.3) is 0 Å². The van der Waals surface area contributed by atoms with Crippen molar-refractivity contribution in [3.8, 4) is 0 Å². The molecular formula is C61H102O6. The monoisotopic (exact) mass is 931 g/mol. The minimum atomic E-state index is -0.808. The molecule has 0 spiro atoms. The number of carbonyl (C=O) groups is 3. The molecule has 6 nitrogen and oxygen atoms in total. The van der Waals surface area contributed by atoms with Crippen molar-refractivity contribution in [2.45, 2.75) is 258 Å². The Balaban J connectivity index is 4.51. The maximum absolute atomic E-state index is 12.8. The Kier molecular flexibility index (Phi) is 51.9. The zero-order chi connectivity index (χ0) is 48.6. The molecule has 0 aliphatic rings. The van der Waals surface area contributed by atoms with Crippen molar-refractivity contribution in [2.75, 3.05) is 13.2 Å². The summed E-state index contributed by atoms with van der Waals surface area (Å²) in [6.45, 7) is 6.50. The predicted molar refractivity (Wildman–Crippen MR) is 288 cm³/mol. The van der Waals surface area contributed by atoms with E-state index in [-0.39, 0.29) is 31.1 Å². The first-order chi connectivity index (χ1) is 33.0. The Bertz CT molecular complexity index is 1350. The first-order valence-corrected chi connectivity index (χ1v) is 27.7. The first kappa shape index (κ1) is 63.3. The van der Waals surface area contributed by atoms with Gasteiger partial charge in [-0.1, -0.05) is 201 Å². The fourth-order valence-electron chi connectivity index (χ4n) is 7.31. The Morgan fingerprint density at radius 2 is 0.537 bits per heavy atom. The Morgan fingerprint density at radius 3 is 0.866 bits per heavy atom. The van der Waals surface area contributed by atoms with Crippen LogP contribution >= 0.6 is 0 Å². The van der Waals surface area contributed by atoms with Crippen molar-refractivity contribution < 1.29 is 28.6 Å². The lowest BCUT2D eigenvalue weighted by Crippen LogP contribution is -2.30. The second-order valence-corrected chi connectivity index (χ2v) is 18.1. The van der Waals surface area contributed by atoms with Crippen molar-refractivity contribution in [3.63, 3.8) is 0 Å². The van der Waals surface area contributed by atoms with E-state index in [0.29, 0.717) is 19.3 Å². The van der Waals surface area contributed by atoms with Crippen molar-refractivity contribution in [3.05, 3.63) is 97.2 Å². The molecule has 382 valence electrons. The highest BCUT2D eigenvalue weighted by Gasteiger charge is 2.19. The Labute approximate surface area is 413 Å². The molecule has 0 saturated carbocycles. The summed E-state index contributed by atoms with van der Waals surface area (Å²) in [5.74, 6) is -0.972. The van der Waals surface area contributed by atoms with Crippen molar-refractivity contribution >= 4 is 17.9 Å². The van der Waals surface area contributed by atoms with E-state index >= 15 is 0 Å². The van der Waals surface area contributed by atoms with E-state index in [4.69, 9.17) is 14.2 Å². The van der Waals surface area contributed by atoms with E-state index in [9.17, 15) is 14.4 Å². The summed E-state index contributed by atoms with van der Waals surface area (Å²) in [6.07, 6.45) is 72.4. The van der Waals surface area contributed by atoms with Gasteiger partial charge in [0.25, 0.3) is 0 Å². The lowest BCUT2D eigenvalue weighted by Gasteiger charge is -2.18. The average Bonchev–Trinajstić information content (AvgIpc) is 3.33. The number of carbonyl (C=O) groups excluding carboxylic acids is 3. The zero-order valence-electron chi connectivity index (χ0n) is 43.6. The van der Waals surface area contributed by atoms with Gasteiger partial charge in [0.2, 0.25) is 0 Å². The Morgan fingerprint density at radius 1 is 0.299 bits per heavy atom. The molecule has 0 bridgehead atoms. The van der Waals surface area contributed by atoms with E-state index < -0.39 is 6.10 Å². The number of hydrogen-bond donors (Lipinski definition) is 0. The second-order valence-electron chi connectivity index (χ2n) is 18.1. The number of esters is 3. The van der Waals surface area contributed by atoms with Gasteiger partial charge in [-0.2, -0.15) is 0 Å². The molecule has 0 aromatic heterocycles. The predicted octanol–water partition coefficient (Wildman–Crippen LogP) is 18.5. The fraction of sp³-hybridized carbons (Fsp3) is 0.689. The molecular weight excluding hydrogens is 829 g/mol. The van der Waals surface area contributed by atoms with Crippen LogP contribution in [0.5, 0.6) is 0 Å². The van der Waals surface area contributed by atoms with Crippen LogP contribution in [0.1, 0.15) is 252 Å². The van der Waals surface area contributed by atoms with E-state index in [0.717, 1.165) is 109 Å². The third-order valence-corrected chi connectivity index (χ3v) is 11.5. The molecule has 0 heterocycles. The van der Waals surface area contributed by atoms with Gasteiger partial charge in [-0.05, 0) is 128 Å². The van der Waals surface area contributed by atoms with Gasteiger partial charge in [0.05, 0.1) is 0 Å². The largest absolute Gasteiger partial charge is 0.462 e. The summed E-state index contributed by atoms with van der Waals surface area (Å²) in [6, 6.07) is 0. The fourth-order valence-corrected chi connectivity index (χ4v) is 7.31. The van der Waals surface area contributed by atoms with Crippen LogP contribution in [0, 0.1) is 0 Å². The summed E-state index contributed by atoms with van der Waals surface area (Å²) in [4.78, 5) is 38.1. The average molecular weight is 931 g/mol. The van der Waals surface area contributed by atoms with Crippen LogP contribution < -0.4 is 0 Å². The SMILES string of the molecule is CCCCC/C=C\C/C=C\C/C=C\CCCCCCC(=O)OC[C@@H](COC(=O)CCCC/C=C\C/C=C\C/C=C\CCCCC)OC(=O)CCCCCCCCC/C=C\C/C=C\CCCCC. The highest BCUT2D eigenvalue weighted by Crippen LogP contribution is 2.13. The molecule has 0 radical (unpaired) electrons. The standard InChI is InChI=1S/C61H102O6/c1-4-7-10-13-16-19-22-25-28-30-33-36-39-42-45-48-51-54-60(63)66-57-58(56-65-59(62)53-50-47-44-41-38-35-32-27-24-21-18-15-12-9-6-3)67-61(64)55-52-49-46-43-40-37-34-31-29-26-23-20-17-14-11-8-5-2/h16-21,25-29,32-33,36,38,41,58H,4-15,22-24,30-31,34-35,37,39-40,42-57H2,1-3H3/b19-16-,20-17-,21-18-,28-25-,29-26-,32-27-,36-33-,41-38-/t58-/m1/s1. The van der Waals surface area contributed by atoms with E-state index in [1.54, 1.807) is 0 Å². The first-order valence-electron chi connectivity index (χ1n) is 27.7. The van der Waals surface area contributed by atoms with Crippen LogP contribution in [-0.4, -0.2) is 37.2 Å². The van der Waals surface area contributed by atoms with E-state index in [1.165, 1.54) is 103 Å². The minimum absolute atomic E-state index is 0.105. The molecule has 0 rings (SSSR count). The molecule has 0 aliphatic heterocycles. The van der Waals surface area contributed by atoms with Gasteiger partial charge in [0.15, 0.2) is 6.10 Å². The van der Waals surface area contributed by atoms with Crippen LogP contribution in [0.2, 0.25) is 0 Å². The molecule has 67 heavy (non-hydrogen) atoms. The molecule has 6 heteroatoms. The van der Waals surface area contributed by atoms with Crippen molar-refractivity contribution in [2.24, 2.45) is 0 Å². The van der Waals surface area contributed by atoms with Gasteiger partial charge in [0, 0.05) is 19.3 Å². The maximum Gasteiger partial charge on any atom is 0.306 e. The molecule has 0 aliphatic carbocycles. The molecule has 0 fully saturated rings. The molecule has 0 amide bonds. The van der Waals surface area contributed by atoms with E-state index in [2.05, 4.69) is 118 Å². The topological polar surface area (TPSA) is 78.9 Å². The zero-order valence-corrected chi connectivity index (χ0v) is 43.6. The quantitative estimate of drug-likeness (QED) is 0.0262. The smallest absolute Gasteiger partial charge is 0.306 e. The number of unbranched alkanes of at least 4 members (excludes halogenated alkanes) is 22. The van der Waals surface area contributed by atoms with Crippen molar-refractivity contribution in [1.82, 2.24) is 0 Å². The summed E-state index contributed by atoms with van der Waals surface area (Å²) in [7, 11) is 0. The second kappa shape index (κ2) is 54.9. The molecule has 0 aromatic carbocycles. The number of rotatable bonds is 49. The number of allylic oxidation sites excluding steroid dienone is 16. The third kappa shape index (κ3) is 53.2. The lowest BCUT2D eigenvalue weighted by molar-refractivity contribution is -0.167. The number of ether oxygens (including phenoxy) is 3. The van der Waals surface area contributed by atoms with Gasteiger partial charge < -0.3 is 14.2 Å². The molecule has 0 N–H and O–H groups in total. The number of hydrogen-bond acceptors (Lipinski definition) is 6. The highest BCUT2D eigenvalue weighted by molar-refractivity contribution is 5.71. The third-order valence-electron chi connectivity index (χ3n) is 11.5. The maximum atomic E-state index is 12.8. The lowest BCUT2D eigenvalue weighted by atomic mass is 10.1. The van der Waals surface area contributed by atoms with Gasteiger partial charge in [-0.3, -0.25) is 14.4 Å². The summed E-state index contributed by atoms with van der Waals surface area (Å²) in [5, 5.41) is 0. The molecule has 0 aromatic rings. The van der Waals surface area contributed by atoms with Crippen LogP contribution in [0.4, 0.5) is 0 Å². The Hall–Kier alpha value is -3.67. The normalized spacial score (nSPS) is 12.8. The van der Waals surface area contributed by atoms with E-state index in [1.807, 2.05) is 0 Å².